The van der Waals surface area contributed by atoms with Gasteiger partial charge in [0.2, 0.25) is 5.91 Å². The summed E-state index contributed by atoms with van der Waals surface area (Å²) in [7, 11) is 0. The van der Waals surface area contributed by atoms with Crippen LogP contribution in [0.25, 0.3) is 0 Å². The van der Waals surface area contributed by atoms with E-state index in [0.29, 0.717) is 6.54 Å². The number of hydrogen-bond acceptors (Lipinski definition) is 1. The van der Waals surface area contributed by atoms with E-state index in [0.717, 1.165) is 15.7 Å². The van der Waals surface area contributed by atoms with Gasteiger partial charge >= 0.3 is 0 Å². The molecule has 1 unspecified atom stereocenters. The molecule has 3 heteroatoms. The fourth-order valence-corrected chi connectivity index (χ4v) is 2.73. The standard InChI is InChI=1S/C17H18BrNO/c1-3-19(16-12-8-7-11-15(16)18)17(20)13(2)14-9-5-4-6-10-14/h4-13H,3H2,1-2H3. The molecule has 0 heterocycles. The summed E-state index contributed by atoms with van der Waals surface area (Å²) in [5.74, 6) is -0.0335. The molecule has 2 nitrogen and oxygen atoms in total. The predicted octanol–water partition coefficient (Wildman–Crippen LogP) is 4.61. The Kier molecular flexibility index (Phi) is 4.96. The molecule has 2 rings (SSSR count). The Bertz CT molecular complexity index is 583. The van der Waals surface area contributed by atoms with Gasteiger partial charge in [-0.25, -0.2) is 0 Å². The Morgan fingerprint density at radius 1 is 1.10 bits per heavy atom. The van der Waals surface area contributed by atoms with E-state index in [1.165, 1.54) is 0 Å². The van der Waals surface area contributed by atoms with Crippen LogP contribution in [0.15, 0.2) is 59.1 Å². The third-order valence-corrected chi connectivity index (χ3v) is 4.07. The summed E-state index contributed by atoms with van der Waals surface area (Å²) in [4.78, 5) is 14.6. The highest BCUT2D eigenvalue weighted by Crippen LogP contribution is 2.28. The van der Waals surface area contributed by atoms with Crippen molar-refractivity contribution in [1.82, 2.24) is 0 Å². The van der Waals surface area contributed by atoms with E-state index >= 15 is 0 Å². The molecule has 1 amide bonds. The van der Waals surface area contributed by atoms with Crippen LogP contribution in [0.4, 0.5) is 5.69 Å². The fourth-order valence-electron chi connectivity index (χ4n) is 2.23. The lowest BCUT2D eigenvalue weighted by atomic mass is 9.99. The maximum Gasteiger partial charge on any atom is 0.234 e. The van der Waals surface area contributed by atoms with Gasteiger partial charge in [0, 0.05) is 11.0 Å². The van der Waals surface area contributed by atoms with Crippen molar-refractivity contribution >= 4 is 27.5 Å². The Morgan fingerprint density at radius 3 is 2.30 bits per heavy atom. The Balaban J connectivity index is 2.29. The molecule has 0 fully saturated rings. The van der Waals surface area contributed by atoms with Crippen molar-refractivity contribution in [3.05, 3.63) is 64.6 Å². The Hall–Kier alpha value is -1.61. The second-order valence-corrected chi connectivity index (χ2v) is 5.52. The number of nitrogens with zero attached hydrogens (tertiary/aromatic N) is 1. The van der Waals surface area contributed by atoms with Gasteiger partial charge in [-0.3, -0.25) is 4.79 Å². The summed E-state index contributed by atoms with van der Waals surface area (Å²) < 4.78 is 0.940. The highest BCUT2D eigenvalue weighted by Gasteiger charge is 2.23. The first-order valence-corrected chi connectivity index (χ1v) is 7.55. The van der Waals surface area contributed by atoms with Crippen molar-refractivity contribution in [3.8, 4) is 0 Å². The number of anilines is 1. The Morgan fingerprint density at radius 2 is 1.70 bits per heavy atom. The highest BCUT2D eigenvalue weighted by molar-refractivity contribution is 9.10. The number of rotatable bonds is 4. The summed E-state index contributed by atoms with van der Waals surface area (Å²) in [5.41, 5.74) is 1.96. The van der Waals surface area contributed by atoms with Crippen molar-refractivity contribution in [1.29, 1.82) is 0 Å². The zero-order valence-electron chi connectivity index (χ0n) is 11.7. The minimum Gasteiger partial charge on any atom is -0.311 e. The van der Waals surface area contributed by atoms with Gasteiger partial charge in [0.25, 0.3) is 0 Å². The number of carbonyl (C=O) groups is 1. The molecule has 104 valence electrons. The molecule has 0 aliphatic carbocycles. The lowest BCUT2D eigenvalue weighted by Crippen LogP contribution is -2.34. The van der Waals surface area contributed by atoms with Crippen LogP contribution < -0.4 is 4.90 Å². The Labute approximate surface area is 128 Å². The van der Waals surface area contributed by atoms with E-state index in [4.69, 9.17) is 0 Å². The van der Waals surface area contributed by atoms with Crippen LogP contribution in [0.3, 0.4) is 0 Å². The third kappa shape index (κ3) is 3.10. The quantitative estimate of drug-likeness (QED) is 0.801. The molecule has 0 aliphatic heterocycles. The van der Waals surface area contributed by atoms with Gasteiger partial charge < -0.3 is 4.90 Å². The zero-order chi connectivity index (χ0) is 14.5. The normalized spacial score (nSPS) is 11.9. The SMILES string of the molecule is CCN(C(=O)C(C)c1ccccc1)c1ccccc1Br. The zero-order valence-corrected chi connectivity index (χ0v) is 13.3. The largest absolute Gasteiger partial charge is 0.311 e. The first-order chi connectivity index (χ1) is 9.65. The second kappa shape index (κ2) is 6.71. The van der Waals surface area contributed by atoms with E-state index < -0.39 is 0 Å². The van der Waals surface area contributed by atoms with Gasteiger partial charge in [0.05, 0.1) is 11.6 Å². The van der Waals surface area contributed by atoms with Crippen LogP contribution in [0.2, 0.25) is 0 Å². The number of benzene rings is 2. The molecule has 0 bridgehead atoms. The monoisotopic (exact) mass is 331 g/mol. The van der Waals surface area contributed by atoms with Crippen molar-refractivity contribution in [2.75, 3.05) is 11.4 Å². The molecular formula is C17H18BrNO. The van der Waals surface area contributed by atoms with E-state index in [1.807, 2.05) is 73.3 Å². The van der Waals surface area contributed by atoms with Gasteiger partial charge in [-0.15, -0.1) is 0 Å². The van der Waals surface area contributed by atoms with Crippen LogP contribution in [-0.4, -0.2) is 12.5 Å². The van der Waals surface area contributed by atoms with Crippen molar-refractivity contribution in [3.63, 3.8) is 0 Å². The third-order valence-electron chi connectivity index (χ3n) is 3.40. The number of halogens is 1. The van der Waals surface area contributed by atoms with Gasteiger partial charge in [-0.2, -0.15) is 0 Å². The number of carbonyl (C=O) groups excluding carboxylic acids is 1. The summed E-state index contributed by atoms with van der Waals surface area (Å²) in [6.07, 6.45) is 0. The van der Waals surface area contributed by atoms with Crippen LogP contribution in [-0.2, 0) is 4.79 Å². The molecule has 0 aromatic heterocycles. The second-order valence-electron chi connectivity index (χ2n) is 4.67. The summed E-state index contributed by atoms with van der Waals surface area (Å²) in [6, 6.07) is 17.7. The smallest absolute Gasteiger partial charge is 0.234 e. The maximum atomic E-state index is 12.7. The molecular weight excluding hydrogens is 314 g/mol. The number of hydrogen-bond donors (Lipinski definition) is 0. The number of amides is 1. The topological polar surface area (TPSA) is 20.3 Å². The minimum absolute atomic E-state index is 0.116. The average molecular weight is 332 g/mol. The van der Waals surface area contributed by atoms with Gasteiger partial charge in [-0.05, 0) is 47.5 Å². The fraction of sp³-hybridized carbons (Fsp3) is 0.235. The summed E-state index contributed by atoms with van der Waals surface area (Å²) in [6.45, 7) is 4.60. The molecule has 1 atom stereocenters. The van der Waals surface area contributed by atoms with Crippen LogP contribution in [0.5, 0.6) is 0 Å². The highest BCUT2D eigenvalue weighted by atomic mass is 79.9. The average Bonchev–Trinajstić information content (AvgIpc) is 2.50. The molecule has 0 N–H and O–H groups in total. The molecule has 0 radical (unpaired) electrons. The minimum atomic E-state index is -0.150. The number of likely N-dealkylation sites (N-methyl/N-ethyl adjacent to an activating group) is 1. The van der Waals surface area contributed by atoms with Gasteiger partial charge in [0.15, 0.2) is 0 Å². The first kappa shape index (κ1) is 14.8. The van der Waals surface area contributed by atoms with E-state index in [-0.39, 0.29) is 11.8 Å². The molecule has 2 aromatic rings. The molecule has 20 heavy (non-hydrogen) atoms. The lowest BCUT2D eigenvalue weighted by molar-refractivity contribution is -0.119. The number of para-hydroxylation sites is 1. The van der Waals surface area contributed by atoms with Crippen molar-refractivity contribution in [2.45, 2.75) is 19.8 Å². The van der Waals surface area contributed by atoms with E-state index in [9.17, 15) is 4.79 Å². The van der Waals surface area contributed by atoms with E-state index in [2.05, 4.69) is 15.9 Å². The molecule has 2 aromatic carbocycles. The van der Waals surface area contributed by atoms with Gasteiger partial charge in [-0.1, -0.05) is 42.5 Å². The van der Waals surface area contributed by atoms with Crippen molar-refractivity contribution < 1.29 is 4.79 Å². The predicted molar refractivity (Wildman–Crippen MR) is 87.0 cm³/mol. The lowest BCUT2D eigenvalue weighted by Gasteiger charge is -2.25. The molecule has 0 saturated heterocycles. The molecule has 0 aliphatic rings. The van der Waals surface area contributed by atoms with Crippen LogP contribution in [0, 0.1) is 0 Å². The summed E-state index contributed by atoms with van der Waals surface area (Å²) >= 11 is 3.52. The molecule has 0 saturated carbocycles. The van der Waals surface area contributed by atoms with Gasteiger partial charge in [0.1, 0.15) is 0 Å². The first-order valence-electron chi connectivity index (χ1n) is 6.76. The van der Waals surface area contributed by atoms with E-state index in [1.54, 1.807) is 0 Å². The van der Waals surface area contributed by atoms with Crippen molar-refractivity contribution in [2.24, 2.45) is 0 Å². The van der Waals surface area contributed by atoms with Crippen LogP contribution in [0.1, 0.15) is 25.3 Å². The maximum absolute atomic E-state index is 12.7. The molecule has 0 spiro atoms. The van der Waals surface area contributed by atoms with Crippen LogP contribution >= 0.6 is 15.9 Å². The summed E-state index contributed by atoms with van der Waals surface area (Å²) in [5, 5.41) is 0.